The SMILES string of the molecule is CC/C=C\C/C=C\C/C=C\C/C=C\C/C=C\CCCCCC(=O)OC1C(OCC(COC(=O)C/C=C/C/C=C\C/C=C\C/C=C\C/C=C\CC)OC(=O)CCCCCCC/C=C\C/C=C\CCCCC)OC(C(=O)O)C(O)C1O. The predicted octanol–water partition coefficient (Wildman–Crippen LogP) is 15.6. The number of esters is 3. The molecule has 1 aliphatic rings. The molecule has 0 aromatic carbocycles. The Hall–Kier alpha value is -5.40. The van der Waals surface area contributed by atoms with Gasteiger partial charge in [-0.05, 0) is 122 Å². The molecule has 0 aliphatic carbocycles. The van der Waals surface area contributed by atoms with Crippen LogP contribution in [0.5, 0.6) is 0 Å². The number of carbonyl (C=O) groups excluding carboxylic acids is 3. The zero-order chi connectivity index (χ0) is 57.5. The van der Waals surface area contributed by atoms with Gasteiger partial charge in [0, 0.05) is 12.8 Å². The molecule has 3 N–H and O–H groups in total. The number of aliphatic hydroxyl groups excluding tert-OH is 2. The number of hydrogen-bond acceptors (Lipinski definition) is 11. The summed E-state index contributed by atoms with van der Waals surface area (Å²) in [6.07, 6.45) is 64.1. The maximum absolute atomic E-state index is 13.1. The third-order valence-electron chi connectivity index (χ3n) is 12.4. The van der Waals surface area contributed by atoms with Crippen molar-refractivity contribution < 1.29 is 58.2 Å². The van der Waals surface area contributed by atoms with Crippen LogP contribution >= 0.6 is 0 Å². The van der Waals surface area contributed by atoms with Crippen LogP contribution in [-0.4, -0.2) is 89.2 Å². The fraction of sp³-hybridized carbons (Fsp3) is 0.582. The van der Waals surface area contributed by atoms with Gasteiger partial charge in [-0.2, -0.15) is 0 Å². The predicted molar refractivity (Wildman–Crippen MR) is 321 cm³/mol. The highest BCUT2D eigenvalue weighted by molar-refractivity contribution is 5.74. The van der Waals surface area contributed by atoms with Crippen LogP contribution in [0.2, 0.25) is 0 Å². The Morgan fingerprint density at radius 3 is 1.29 bits per heavy atom. The Morgan fingerprint density at radius 1 is 0.443 bits per heavy atom. The lowest BCUT2D eigenvalue weighted by Gasteiger charge is -2.40. The van der Waals surface area contributed by atoms with Gasteiger partial charge in [-0.15, -0.1) is 0 Å². The molecule has 1 saturated heterocycles. The van der Waals surface area contributed by atoms with Crippen LogP contribution in [0, 0.1) is 0 Å². The van der Waals surface area contributed by atoms with Crippen molar-refractivity contribution in [2.75, 3.05) is 13.2 Å². The number of rotatable bonds is 48. The second kappa shape index (κ2) is 53.3. The summed E-state index contributed by atoms with van der Waals surface area (Å²) in [4.78, 5) is 51.1. The Morgan fingerprint density at radius 2 is 0.835 bits per heavy atom. The summed E-state index contributed by atoms with van der Waals surface area (Å²) in [6, 6.07) is 0. The summed E-state index contributed by atoms with van der Waals surface area (Å²) < 4.78 is 28.3. The largest absolute Gasteiger partial charge is 0.479 e. The van der Waals surface area contributed by atoms with Crippen molar-refractivity contribution in [3.8, 4) is 0 Å². The lowest BCUT2D eigenvalue weighted by Crippen LogP contribution is -2.61. The van der Waals surface area contributed by atoms with Crippen LogP contribution in [0.4, 0.5) is 0 Å². The summed E-state index contributed by atoms with van der Waals surface area (Å²) in [5, 5.41) is 31.5. The number of carboxylic acids is 1. The molecule has 0 radical (unpaired) electrons. The minimum atomic E-state index is -1.94. The van der Waals surface area contributed by atoms with Crippen molar-refractivity contribution in [2.45, 2.75) is 237 Å². The molecule has 0 saturated carbocycles. The van der Waals surface area contributed by atoms with Gasteiger partial charge >= 0.3 is 23.9 Å². The smallest absolute Gasteiger partial charge is 0.335 e. The molecule has 6 atom stereocenters. The number of ether oxygens (including phenoxy) is 5. The van der Waals surface area contributed by atoms with Crippen LogP contribution in [0.3, 0.4) is 0 Å². The van der Waals surface area contributed by atoms with Crippen molar-refractivity contribution >= 4 is 23.9 Å². The number of aliphatic hydroxyl groups is 2. The van der Waals surface area contributed by atoms with Gasteiger partial charge in [0.05, 0.1) is 13.0 Å². The second-order valence-electron chi connectivity index (χ2n) is 19.5. The van der Waals surface area contributed by atoms with Crippen molar-refractivity contribution in [3.05, 3.63) is 146 Å². The van der Waals surface area contributed by atoms with E-state index in [2.05, 4.69) is 148 Å². The van der Waals surface area contributed by atoms with Crippen LogP contribution < -0.4 is 0 Å². The van der Waals surface area contributed by atoms with E-state index in [0.29, 0.717) is 19.3 Å². The number of unbranched alkanes of at least 4 members (excludes halogenated alkanes) is 11. The molecular weight excluding hydrogens is 997 g/mol. The monoisotopic (exact) mass is 1100 g/mol. The molecule has 6 unspecified atom stereocenters. The van der Waals surface area contributed by atoms with E-state index < -0.39 is 67.3 Å². The van der Waals surface area contributed by atoms with E-state index in [0.717, 1.165) is 122 Å². The molecule has 12 heteroatoms. The van der Waals surface area contributed by atoms with Crippen molar-refractivity contribution in [1.82, 2.24) is 0 Å². The maximum atomic E-state index is 13.1. The second-order valence-corrected chi connectivity index (χ2v) is 19.5. The lowest BCUT2D eigenvalue weighted by atomic mass is 9.98. The minimum Gasteiger partial charge on any atom is -0.479 e. The van der Waals surface area contributed by atoms with Gasteiger partial charge in [0.2, 0.25) is 0 Å². The minimum absolute atomic E-state index is 0.00229. The van der Waals surface area contributed by atoms with E-state index in [1.54, 1.807) is 6.08 Å². The van der Waals surface area contributed by atoms with Gasteiger partial charge in [0.15, 0.2) is 24.6 Å². The van der Waals surface area contributed by atoms with E-state index in [1.165, 1.54) is 19.3 Å². The average Bonchev–Trinajstić information content (AvgIpc) is 3.44. The summed E-state index contributed by atoms with van der Waals surface area (Å²) in [5.41, 5.74) is 0. The lowest BCUT2D eigenvalue weighted by molar-refractivity contribution is -0.301. The van der Waals surface area contributed by atoms with Gasteiger partial charge in [-0.1, -0.05) is 205 Å². The molecule has 442 valence electrons. The molecule has 0 aromatic rings. The van der Waals surface area contributed by atoms with Crippen LogP contribution in [0.15, 0.2) is 146 Å². The highest BCUT2D eigenvalue weighted by Gasteiger charge is 2.50. The zero-order valence-corrected chi connectivity index (χ0v) is 48.5. The van der Waals surface area contributed by atoms with Crippen molar-refractivity contribution in [1.29, 1.82) is 0 Å². The summed E-state index contributed by atoms with van der Waals surface area (Å²) in [7, 11) is 0. The van der Waals surface area contributed by atoms with Crippen LogP contribution in [-0.2, 0) is 42.9 Å². The molecule has 1 rings (SSSR count). The average molecular weight is 1100 g/mol. The number of hydrogen-bond donors (Lipinski definition) is 3. The molecule has 0 bridgehead atoms. The summed E-state index contributed by atoms with van der Waals surface area (Å²) >= 11 is 0. The fourth-order valence-corrected chi connectivity index (χ4v) is 7.91. The Balaban J connectivity index is 2.78. The molecule has 0 spiro atoms. The van der Waals surface area contributed by atoms with Gasteiger partial charge in [0.1, 0.15) is 18.8 Å². The fourth-order valence-electron chi connectivity index (χ4n) is 7.91. The molecule has 1 aliphatic heterocycles. The maximum Gasteiger partial charge on any atom is 0.335 e. The summed E-state index contributed by atoms with van der Waals surface area (Å²) in [5.74, 6) is -3.37. The molecule has 79 heavy (non-hydrogen) atoms. The van der Waals surface area contributed by atoms with E-state index in [9.17, 15) is 34.5 Å². The molecule has 12 nitrogen and oxygen atoms in total. The summed E-state index contributed by atoms with van der Waals surface area (Å²) in [6.45, 7) is 5.61. The van der Waals surface area contributed by atoms with Crippen LogP contribution in [0.25, 0.3) is 0 Å². The normalized spacial score (nSPS) is 18.9. The third-order valence-corrected chi connectivity index (χ3v) is 12.4. The first-order valence-corrected chi connectivity index (χ1v) is 29.8. The molecule has 1 heterocycles. The third kappa shape index (κ3) is 43.1. The van der Waals surface area contributed by atoms with E-state index in [4.69, 9.17) is 23.7 Å². The first kappa shape index (κ1) is 71.6. The van der Waals surface area contributed by atoms with Gasteiger partial charge in [-0.3, -0.25) is 14.4 Å². The first-order chi connectivity index (χ1) is 38.6. The van der Waals surface area contributed by atoms with Crippen LogP contribution in [0.1, 0.15) is 201 Å². The first-order valence-electron chi connectivity index (χ1n) is 29.8. The standard InChI is InChI=1S/C67H102O12/c1-4-7-10-13-16-19-22-25-28-29-30-31-34-37-40-43-46-49-52-55-61(70)78-65-63(72)62(71)64(66(73)74)79-67(65)76-57-58(77-60(69)54-51-48-45-42-39-36-33-27-24-21-18-15-12-9-6-3)56-75-59(68)53-50-47-44-41-38-35-32-26-23-20-17-14-11-8-5-2/h7-8,10-11,16-21,25-28,30-33,37-38,40-41,47,50,58,62-65,67,71-72H,4-6,9,12-15,22-24,29,34-36,39,42-46,48-49,51-57H2,1-3H3,(H,73,74)/b10-7-,11-8-,19-16-,20-17-,21-18-,28-25-,31-30-,32-26-,33-27-,40-37-,41-38-,50-47+. The zero-order valence-electron chi connectivity index (χ0n) is 48.5. The number of carboxylic acid groups (broad SMARTS) is 1. The highest BCUT2D eigenvalue weighted by atomic mass is 16.7. The van der Waals surface area contributed by atoms with E-state index >= 15 is 0 Å². The van der Waals surface area contributed by atoms with Crippen molar-refractivity contribution in [2.24, 2.45) is 0 Å². The number of allylic oxidation sites excluding steroid dienone is 23. The topological polar surface area (TPSA) is 175 Å². The number of aliphatic carboxylic acids is 1. The Bertz CT molecular complexity index is 1930. The Labute approximate surface area is 476 Å². The molecule has 0 aromatic heterocycles. The molecular formula is C67H102O12. The van der Waals surface area contributed by atoms with Gasteiger partial charge in [0.25, 0.3) is 0 Å². The molecule has 1 fully saturated rings. The number of carbonyl (C=O) groups is 4. The quantitative estimate of drug-likeness (QED) is 0.0228. The Kier molecular flexibility index (Phi) is 48.3. The van der Waals surface area contributed by atoms with E-state index in [-0.39, 0.29) is 25.9 Å². The highest BCUT2D eigenvalue weighted by Crippen LogP contribution is 2.26. The van der Waals surface area contributed by atoms with Crippen molar-refractivity contribution in [3.63, 3.8) is 0 Å². The molecule has 0 amide bonds. The van der Waals surface area contributed by atoms with Gasteiger partial charge < -0.3 is 39.0 Å². The van der Waals surface area contributed by atoms with Gasteiger partial charge in [-0.25, -0.2) is 4.79 Å². The van der Waals surface area contributed by atoms with E-state index in [1.807, 2.05) is 12.2 Å².